The van der Waals surface area contributed by atoms with Crippen LogP contribution >= 0.6 is 0 Å². The molecule has 0 radical (unpaired) electrons. The molecule has 7 rings (SSSR count). The summed E-state index contributed by atoms with van der Waals surface area (Å²) >= 11 is 0. The largest absolute Gasteiger partial charge is 0.466 e. The fourth-order valence-corrected chi connectivity index (χ4v) is 6.62. The first-order valence-electron chi connectivity index (χ1n) is 15.2. The summed E-state index contributed by atoms with van der Waals surface area (Å²) in [5, 5.41) is 14.5. The number of urea groups is 1. The highest BCUT2D eigenvalue weighted by Gasteiger charge is 2.36. The Bertz CT molecular complexity index is 2120. The standard InChI is InChI=1S/C35H31N5O7/c1-4-39-18(2)30(34(44)46-3)31(38-35(39)45)19-9-11-20(12-10-19)36-15-23-21-7-5-6-8-26(21)37-32-24(23)16-40-27(32)13-22-25(33(40)43)17-47-29(42)14-28(22)41/h5-13,15,28,31,41H,4,14,16-17H2,1-3H3,(H,38,45). The van der Waals surface area contributed by atoms with E-state index in [1.165, 1.54) is 12.0 Å². The number of allylic oxidation sites excluding steroid dienone is 1. The summed E-state index contributed by atoms with van der Waals surface area (Å²) in [6.45, 7) is 4.01. The Morgan fingerprint density at radius 1 is 1.15 bits per heavy atom. The number of amides is 2. The van der Waals surface area contributed by atoms with Gasteiger partial charge < -0.3 is 24.5 Å². The molecule has 0 spiro atoms. The molecule has 238 valence electrons. The molecule has 12 nitrogen and oxygen atoms in total. The zero-order valence-corrected chi connectivity index (χ0v) is 25.9. The van der Waals surface area contributed by atoms with Gasteiger partial charge in [-0.3, -0.25) is 19.5 Å². The van der Waals surface area contributed by atoms with Gasteiger partial charge in [-0.1, -0.05) is 30.3 Å². The van der Waals surface area contributed by atoms with Gasteiger partial charge in [0, 0.05) is 35.0 Å². The number of rotatable bonds is 5. The molecule has 47 heavy (non-hydrogen) atoms. The third kappa shape index (κ3) is 4.97. The Labute approximate surface area is 269 Å². The highest BCUT2D eigenvalue weighted by Crippen LogP contribution is 2.38. The second-order valence-electron chi connectivity index (χ2n) is 11.6. The molecular formula is C35H31N5O7. The molecule has 4 aromatic rings. The van der Waals surface area contributed by atoms with Crippen molar-refractivity contribution in [1.29, 1.82) is 0 Å². The molecule has 0 bridgehead atoms. The number of aromatic nitrogens is 2. The van der Waals surface area contributed by atoms with Crippen LogP contribution in [0.5, 0.6) is 0 Å². The van der Waals surface area contributed by atoms with Crippen molar-refractivity contribution >= 4 is 40.8 Å². The van der Waals surface area contributed by atoms with E-state index in [0.717, 1.165) is 16.5 Å². The lowest BCUT2D eigenvalue weighted by Gasteiger charge is -2.34. The number of aliphatic imine (C=N–C) groups is 1. The third-order valence-corrected chi connectivity index (χ3v) is 9.01. The van der Waals surface area contributed by atoms with Gasteiger partial charge in [-0.15, -0.1) is 0 Å². The summed E-state index contributed by atoms with van der Waals surface area (Å²) < 4.78 is 11.8. The van der Waals surface area contributed by atoms with Crippen molar-refractivity contribution in [2.75, 3.05) is 13.7 Å². The van der Waals surface area contributed by atoms with Crippen LogP contribution in [0.1, 0.15) is 60.2 Å². The van der Waals surface area contributed by atoms with Crippen molar-refractivity contribution in [3.05, 3.63) is 104 Å². The minimum atomic E-state index is -1.15. The van der Waals surface area contributed by atoms with Crippen LogP contribution in [0.2, 0.25) is 0 Å². The van der Waals surface area contributed by atoms with E-state index < -0.39 is 24.1 Å². The first-order chi connectivity index (χ1) is 22.7. The van der Waals surface area contributed by atoms with E-state index >= 15 is 0 Å². The lowest BCUT2D eigenvalue weighted by atomic mass is 9.94. The van der Waals surface area contributed by atoms with Crippen molar-refractivity contribution in [2.45, 2.75) is 45.6 Å². The number of carbonyl (C=O) groups excluding carboxylic acids is 3. The maximum Gasteiger partial charge on any atom is 0.337 e. The van der Waals surface area contributed by atoms with Crippen molar-refractivity contribution in [3.8, 4) is 11.4 Å². The Balaban J connectivity index is 1.26. The SMILES string of the molecule is CCN1C(=O)NC(c2ccc(N=Cc3c4c(nc5ccccc35)-c3cc5c(c(=O)n3C4)COC(=O)CC5O)cc2)C(C(=O)OC)=C1C. The monoisotopic (exact) mass is 633 g/mol. The van der Waals surface area contributed by atoms with Crippen molar-refractivity contribution in [2.24, 2.45) is 4.99 Å². The number of aliphatic hydroxyl groups is 1. The van der Waals surface area contributed by atoms with Crippen LogP contribution in [0.4, 0.5) is 10.5 Å². The van der Waals surface area contributed by atoms with E-state index in [4.69, 9.17) is 19.5 Å². The van der Waals surface area contributed by atoms with E-state index in [1.807, 2.05) is 43.3 Å². The quantitative estimate of drug-likeness (QED) is 0.216. The summed E-state index contributed by atoms with van der Waals surface area (Å²) in [5.41, 5.74) is 6.02. The number of nitrogens with one attached hydrogen (secondary N) is 1. The van der Waals surface area contributed by atoms with Crippen LogP contribution in [0.3, 0.4) is 0 Å². The number of cyclic esters (lactones) is 1. The Morgan fingerprint density at radius 3 is 2.66 bits per heavy atom. The van der Waals surface area contributed by atoms with Gasteiger partial charge in [-0.25, -0.2) is 14.6 Å². The fourth-order valence-electron chi connectivity index (χ4n) is 6.62. The number of methoxy groups -OCH3 is 1. The first kappa shape index (κ1) is 30.1. The van der Waals surface area contributed by atoms with Crippen molar-refractivity contribution in [1.82, 2.24) is 19.8 Å². The number of pyridine rings is 2. The predicted molar refractivity (Wildman–Crippen MR) is 172 cm³/mol. The van der Waals surface area contributed by atoms with E-state index in [2.05, 4.69) is 5.32 Å². The zero-order chi connectivity index (χ0) is 33.0. The second-order valence-corrected chi connectivity index (χ2v) is 11.6. The smallest absolute Gasteiger partial charge is 0.337 e. The Kier molecular flexibility index (Phi) is 7.44. The number of hydrogen-bond donors (Lipinski definition) is 2. The van der Waals surface area contributed by atoms with Gasteiger partial charge in [-0.05, 0) is 49.2 Å². The number of fused-ring (bicyclic) bond motifs is 5. The minimum absolute atomic E-state index is 0.196. The van der Waals surface area contributed by atoms with Gasteiger partial charge in [0.05, 0.1) is 65.9 Å². The molecule has 2 atom stereocenters. The molecule has 2 unspecified atom stereocenters. The van der Waals surface area contributed by atoms with Gasteiger partial charge in [0.15, 0.2) is 0 Å². The van der Waals surface area contributed by atoms with Gasteiger partial charge in [0.1, 0.15) is 6.61 Å². The molecule has 2 aromatic carbocycles. The van der Waals surface area contributed by atoms with Crippen LogP contribution in [0.15, 0.2) is 75.7 Å². The molecule has 3 aliphatic rings. The lowest BCUT2D eigenvalue weighted by Crippen LogP contribution is -2.47. The summed E-state index contributed by atoms with van der Waals surface area (Å²) in [7, 11) is 1.31. The normalized spacial score (nSPS) is 18.9. The van der Waals surface area contributed by atoms with Crippen molar-refractivity contribution in [3.63, 3.8) is 0 Å². The second kappa shape index (κ2) is 11.6. The maximum atomic E-state index is 13.6. The molecule has 2 aromatic heterocycles. The number of aliphatic hydroxyl groups excluding tert-OH is 1. The van der Waals surface area contributed by atoms with Crippen LogP contribution in [-0.4, -0.2) is 57.4 Å². The molecule has 0 fully saturated rings. The van der Waals surface area contributed by atoms with Crippen LogP contribution in [-0.2, 0) is 32.2 Å². The molecule has 0 aliphatic carbocycles. The van der Waals surface area contributed by atoms with Gasteiger partial charge in [0.2, 0.25) is 0 Å². The molecule has 2 amide bonds. The van der Waals surface area contributed by atoms with Gasteiger partial charge >= 0.3 is 18.0 Å². The third-order valence-electron chi connectivity index (χ3n) is 9.01. The number of benzene rings is 2. The van der Waals surface area contributed by atoms with Crippen LogP contribution < -0.4 is 10.9 Å². The molecule has 3 aliphatic heterocycles. The average Bonchev–Trinajstić information content (AvgIpc) is 3.36. The summed E-state index contributed by atoms with van der Waals surface area (Å²) in [5.74, 6) is -1.07. The van der Waals surface area contributed by atoms with Crippen LogP contribution in [0.25, 0.3) is 22.3 Å². The molecular weight excluding hydrogens is 602 g/mol. The number of esters is 2. The van der Waals surface area contributed by atoms with Crippen molar-refractivity contribution < 1.29 is 29.0 Å². The predicted octanol–water partition coefficient (Wildman–Crippen LogP) is 4.19. The average molecular weight is 634 g/mol. The number of hydrogen-bond acceptors (Lipinski definition) is 9. The number of carbonyl (C=O) groups is 3. The number of para-hydroxylation sites is 1. The Hall–Kier alpha value is -5.62. The fraction of sp³-hybridized carbons (Fsp3) is 0.257. The van der Waals surface area contributed by atoms with Gasteiger partial charge in [-0.2, -0.15) is 0 Å². The number of ether oxygens (including phenoxy) is 2. The maximum absolute atomic E-state index is 13.6. The zero-order valence-electron chi connectivity index (χ0n) is 25.9. The summed E-state index contributed by atoms with van der Waals surface area (Å²) in [4.78, 5) is 62.3. The molecule has 5 heterocycles. The molecule has 12 heteroatoms. The van der Waals surface area contributed by atoms with E-state index in [9.17, 15) is 24.3 Å². The molecule has 2 N–H and O–H groups in total. The number of nitrogens with zero attached hydrogens (tertiary/aromatic N) is 4. The molecule has 0 saturated heterocycles. The van der Waals surface area contributed by atoms with Crippen LogP contribution in [0, 0.1) is 0 Å². The van der Waals surface area contributed by atoms with E-state index in [-0.39, 0.29) is 36.7 Å². The Morgan fingerprint density at radius 2 is 1.91 bits per heavy atom. The first-order valence-corrected chi connectivity index (χ1v) is 15.2. The molecule has 0 saturated carbocycles. The van der Waals surface area contributed by atoms with E-state index in [1.54, 1.807) is 35.9 Å². The topological polar surface area (TPSA) is 152 Å². The minimum Gasteiger partial charge on any atom is -0.466 e. The lowest BCUT2D eigenvalue weighted by molar-refractivity contribution is -0.146. The summed E-state index contributed by atoms with van der Waals surface area (Å²) in [6, 6.07) is 15.6. The van der Waals surface area contributed by atoms with Gasteiger partial charge in [0.25, 0.3) is 5.56 Å². The van der Waals surface area contributed by atoms with E-state index in [0.29, 0.717) is 51.5 Å². The summed E-state index contributed by atoms with van der Waals surface area (Å²) in [6.07, 6.45) is 0.374. The highest BCUT2D eigenvalue weighted by molar-refractivity contribution is 6.03. The highest BCUT2D eigenvalue weighted by atomic mass is 16.5.